The summed E-state index contributed by atoms with van der Waals surface area (Å²) in [6.45, 7) is 2.72. The summed E-state index contributed by atoms with van der Waals surface area (Å²) in [7, 11) is 0. The van der Waals surface area contributed by atoms with Crippen molar-refractivity contribution in [2.75, 3.05) is 13.2 Å². The third kappa shape index (κ3) is 7.05. The maximum Gasteiger partial charge on any atom is 0.249 e. The highest BCUT2D eigenvalue weighted by Gasteiger charge is 2.32. The van der Waals surface area contributed by atoms with E-state index in [2.05, 4.69) is 21.2 Å². The molecule has 0 bridgehead atoms. The smallest absolute Gasteiger partial charge is 0.249 e. The summed E-state index contributed by atoms with van der Waals surface area (Å²) >= 11 is 3.33. The van der Waals surface area contributed by atoms with Crippen LogP contribution in [0.15, 0.2) is 28.7 Å². The first-order chi connectivity index (χ1) is 11.7. The van der Waals surface area contributed by atoms with Crippen molar-refractivity contribution in [2.45, 2.75) is 39.2 Å². The number of aliphatic hydroxyl groups excluding tert-OH is 2. The van der Waals surface area contributed by atoms with E-state index in [1.807, 2.05) is 24.3 Å². The molecule has 0 aromatic heterocycles. The van der Waals surface area contributed by atoms with Crippen molar-refractivity contribution < 1.29 is 24.6 Å². The van der Waals surface area contributed by atoms with Gasteiger partial charge in [-0.05, 0) is 24.1 Å². The first-order valence-electron chi connectivity index (χ1n) is 8.04. The number of aryl methyl sites for hydroxylation is 1. The van der Waals surface area contributed by atoms with E-state index < -0.39 is 29.0 Å². The highest BCUT2D eigenvalue weighted by molar-refractivity contribution is 9.10. The Hall–Kier alpha value is -1.57. The summed E-state index contributed by atoms with van der Waals surface area (Å²) in [5, 5.41) is 21.4. The van der Waals surface area contributed by atoms with Gasteiger partial charge in [-0.1, -0.05) is 41.9 Å². The number of halogens is 1. The number of aliphatic hydroxyl groups is 2. The van der Waals surface area contributed by atoms with Gasteiger partial charge in [0, 0.05) is 29.3 Å². The lowest BCUT2D eigenvalue weighted by molar-refractivity contribution is -0.138. The molecular weight excluding hydrogens is 390 g/mol. The molecule has 1 aromatic rings. The molecule has 0 fully saturated rings. The minimum Gasteiger partial charge on any atom is -0.396 e. The fraction of sp³-hybridized carbons (Fsp3) is 0.500. The lowest BCUT2D eigenvalue weighted by atomic mass is 9.87. The largest absolute Gasteiger partial charge is 0.396 e. The van der Waals surface area contributed by atoms with Gasteiger partial charge in [-0.25, -0.2) is 0 Å². The summed E-state index contributed by atoms with van der Waals surface area (Å²) in [6, 6.07) is 7.51. The van der Waals surface area contributed by atoms with Crippen LogP contribution in [0.4, 0.5) is 0 Å². The molecule has 1 atom stereocenters. The fourth-order valence-corrected chi connectivity index (χ4v) is 2.29. The molecule has 1 amide bonds. The first kappa shape index (κ1) is 21.5. The molecule has 0 aliphatic carbocycles. The number of amides is 1. The molecule has 0 saturated carbocycles. The predicted octanol–water partition coefficient (Wildman–Crippen LogP) is 1.41. The molecule has 0 aliphatic heterocycles. The molecule has 25 heavy (non-hydrogen) atoms. The molecule has 1 rings (SSSR count). The molecule has 0 radical (unpaired) electrons. The van der Waals surface area contributed by atoms with Gasteiger partial charge >= 0.3 is 0 Å². The fourth-order valence-electron chi connectivity index (χ4n) is 2.03. The third-order valence-corrected chi connectivity index (χ3v) is 4.44. The molecule has 0 unspecified atom stereocenters. The first-order valence-corrected chi connectivity index (χ1v) is 8.84. The number of hydrogen-bond acceptors (Lipinski definition) is 5. The number of Topliss-reactive ketones (excluding diaryl/α,β-unsaturated/α-hetero) is 2. The van der Waals surface area contributed by atoms with Gasteiger partial charge in [-0.15, -0.1) is 0 Å². The van der Waals surface area contributed by atoms with Gasteiger partial charge in [0.25, 0.3) is 0 Å². The number of rotatable bonds is 10. The van der Waals surface area contributed by atoms with Gasteiger partial charge in [-0.2, -0.15) is 0 Å². The number of benzene rings is 1. The van der Waals surface area contributed by atoms with Crippen LogP contribution in [0.5, 0.6) is 0 Å². The SMILES string of the molecule is CC(C)(CO)[C@@H](O)C(=O)NCCC(=O)C(=O)CCc1ccc(Br)cc1. The molecule has 0 spiro atoms. The molecule has 138 valence electrons. The van der Waals surface area contributed by atoms with E-state index in [0.717, 1.165) is 10.0 Å². The Bertz CT molecular complexity index is 612. The highest BCUT2D eigenvalue weighted by Crippen LogP contribution is 2.19. The molecule has 6 nitrogen and oxygen atoms in total. The summed E-state index contributed by atoms with van der Waals surface area (Å²) in [5.74, 6) is -1.70. The third-order valence-electron chi connectivity index (χ3n) is 3.91. The van der Waals surface area contributed by atoms with Crippen LogP contribution in [0.1, 0.15) is 32.3 Å². The van der Waals surface area contributed by atoms with Gasteiger partial charge in [-0.3, -0.25) is 14.4 Å². The van der Waals surface area contributed by atoms with Crippen LogP contribution < -0.4 is 5.32 Å². The van der Waals surface area contributed by atoms with Gasteiger partial charge in [0.1, 0.15) is 6.10 Å². The lowest BCUT2D eigenvalue weighted by Gasteiger charge is -2.27. The molecule has 3 N–H and O–H groups in total. The summed E-state index contributed by atoms with van der Waals surface area (Å²) in [6.07, 6.45) is -0.903. The van der Waals surface area contributed by atoms with Crippen molar-refractivity contribution >= 4 is 33.4 Å². The summed E-state index contributed by atoms with van der Waals surface area (Å²) in [4.78, 5) is 35.4. The van der Waals surface area contributed by atoms with Crippen LogP contribution in [0, 0.1) is 5.41 Å². The number of ketones is 2. The van der Waals surface area contributed by atoms with Gasteiger partial charge in [0.2, 0.25) is 5.91 Å². The maximum atomic E-state index is 11.8. The quantitative estimate of drug-likeness (QED) is 0.503. The van der Waals surface area contributed by atoms with Crippen LogP contribution >= 0.6 is 15.9 Å². The van der Waals surface area contributed by atoms with Gasteiger partial charge < -0.3 is 15.5 Å². The Balaban J connectivity index is 2.35. The van der Waals surface area contributed by atoms with E-state index in [1.54, 1.807) is 13.8 Å². The number of carbonyl (C=O) groups excluding carboxylic acids is 3. The molecule has 1 aromatic carbocycles. The Kier molecular flexibility index (Phi) is 8.41. The van der Waals surface area contributed by atoms with E-state index in [1.165, 1.54) is 0 Å². The van der Waals surface area contributed by atoms with Crippen molar-refractivity contribution in [2.24, 2.45) is 5.41 Å². The predicted molar refractivity (Wildman–Crippen MR) is 97.0 cm³/mol. The monoisotopic (exact) mass is 413 g/mol. The van der Waals surface area contributed by atoms with E-state index in [-0.39, 0.29) is 26.0 Å². The van der Waals surface area contributed by atoms with Crippen molar-refractivity contribution in [1.29, 1.82) is 0 Å². The minimum atomic E-state index is -1.39. The zero-order valence-corrected chi connectivity index (χ0v) is 16.0. The molecule has 0 heterocycles. The lowest BCUT2D eigenvalue weighted by Crippen LogP contribution is -2.46. The van der Waals surface area contributed by atoms with Crippen molar-refractivity contribution in [1.82, 2.24) is 5.32 Å². The zero-order chi connectivity index (χ0) is 19.0. The number of nitrogens with one attached hydrogen (secondary N) is 1. The second kappa shape index (κ2) is 9.79. The second-order valence-electron chi connectivity index (χ2n) is 6.56. The number of hydrogen-bond donors (Lipinski definition) is 3. The Morgan fingerprint density at radius 2 is 1.68 bits per heavy atom. The van der Waals surface area contributed by atoms with Crippen LogP contribution in [0.25, 0.3) is 0 Å². The Morgan fingerprint density at radius 1 is 1.12 bits per heavy atom. The Labute approximate surface area is 155 Å². The number of carbonyl (C=O) groups is 3. The van der Waals surface area contributed by atoms with Crippen LogP contribution in [0.3, 0.4) is 0 Å². The van der Waals surface area contributed by atoms with E-state index in [0.29, 0.717) is 6.42 Å². The van der Waals surface area contributed by atoms with E-state index in [9.17, 15) is 19.5 Å². The van der Waals surface area contributed by atoms with Crippen LogP contribution in [0.2, 0.25) is 0 Å². The molecule has 0 aliphatic rings. The Morgan fingerprint density at radius 3 is 2.24 bits per heavy atom. The minimum absolute atomic E-state index is 0.0275. The molecule has 7 heteroatoms. The van der Waals surface area contributed by atoms with E-state index >= 15 is 0 Å². The molecular formula is C18H24BrNO5. The highest BCUT2D eigenvalue weighted by atomic mass is 79.9. The topological polar surface area (TPSA) is 104 Å². The van der Waals surface area contributed by atoms with Crippen molar-refractivity contribution in [3.05, 3.63) is 34.3 Å². The zero-order valence-electron chi connectivity index (χ0n) is 14.4. The van der Waals surface area contributed by atoms with Crippen molar-refractivity contribution in [3.8, 4) is 0 Å². The van der Waals surface area contributed by atoms with Gasteiger partial charge in [0.15, 0.2) is 11.6 Å². The van der Waals surface area contributed by atoms with Crippen molar-refractivity contribution in [3.63, 3.8) is 0 Å². The van der Waals surface area contributed by atoms with Gasteiger partial charge in [0.05, 0.1) is 6.61 Å². The summed E-state index contributed by atoms with van der Waals surface area (Å²) < 4.78 is 0.945. The second-order valence-corrected chi connectivity index (χ2v) is 7.48. The maximum absolute atomic E-state index is 11.8. The van der Waals surface area contributed by atoms with E-state index in [4.69, 9.17) is 5.11 Å². The van der Waals surface area contributed by atoms with Crippen LogP contribution in [-0.4, -0.2) is 46.9 Å². The standard InChI is InChI=1S/C18H24BrNO5/c1-18(2,11-21)16(24)17(25)20-10-9-15(23)14(22)8-5-12-3-6-13(19)7-4-12/h3-4,6-7,16,21,24H,5,8-11H2,1-2H3,(H,20,25)/t16-/m0/s1. The average molecular weight is 414 g/mol. The van der Waals surface area contributed by atoms with Crippen LogP contribution in [-0.2, 0) is 20.8 Å². The molecule has 0 saturated heterocycles. The average Bonchev–Trinajstić information content (AvgIpc) is 2.59. The summed E-state index contributed by atoms with van der Waals surface area (Å²) in [5.41, 5.74) is -0.0128. The normalized spacial score (nSPS) is 12.5.